The summed E-state index contributed by atoms with van der Waals surface area (Å²) in [6, 6.07) is 7.42. The van der Waals surface area contributed by atoms with Crippen LogP contribution in [0.5, 0.6) is 0 Å². The zero-order valence-electron chi connectivity index (χ0n) is 13.7. The molecule has 0 bridgehead atoms. The van der Waals surface area contributed by atoms with Crippen LogP contribution in [0.1, 0.15) is 35.8 Å². The highest BCUT2D eigenvalue weighted by Crippen LogP contribution is 2.29. The van der Waals surface area contributed by atoms with Crippen molar-refractivity contribution in [3.8, 4) is 0 Å². The first kappa shape index (κ1) is 15.4. The molecule has 0 atom stereocenters. The summed E-state index contributed by atoms with van der Waals surface area (Å²) < 4.78 is 10.8. The fourth-order valence-corrected chi connectivity index (χ4v) is 2.72. The van der Waals surface area contributed by atoms with Gasteiger partial charge in [0.2, 0.25) is 5.90 Å². The predicted molar refractivity (Wildman–Crippen MR) is 91.9 cm³/mol. The molecule has 1 fully saturated rings. The minimum atomic E-state index is -0.438. The summed E-state index contributed by atoms with van der Waals surface area (Å²) in [7, 11) is 0. The van der Waals surface area contributed by atoms with Crippen LogP contribution in [0.3, 0.4) is 0 Å². The van der Waals surface area contributed by atoms with E-state index in [1.807, 2.05) is 24.3 Å². The molecule has 1 saturated carbocycles. The number of carbonyl (C=O) groups excluding carboxylic acids is 2. The molecule has 0 spiro atoms. The molecule has 2 aliphatic rings. The predicted octanol–water partition coefficient (Wildman–Crippen LogP) is 2.35. The van der Waals surface area contributed by atoms with Gasteiger partial charge in [-0.2, -0.15) is 0 Å². The van der Waals surface area contributed by atoms with Gasteiger partial charge in [0.05, 0.1) is 17.9 Å². The molecule has 2 heterocycles. The largest absolute Gasteiger partial charge is 0.473 e. The van der Waals surface area contributed by atoms with Gasteiger partial charge in [-0.1, -0.05) is 18.2 Å². The van der Waals surface area contributed by atoms with E-state index >= 15 is 0 Å². The number of rotatable bonds is 4. The van der Waals surface area contributed by atoms with Crippen LogP contribution in [0.15, 0.2) is 34.9 Å². The molecule has 1 aromatic heterocycles. The number of aromatic amines is 1. The fourth-order valence-electron chi connectivity index (χ4n) is 2.72. The number of nitrogens with one attached hydrogen (secondary N) is 2. The molecule has 1 aliphatic heterocycles. The first-order chi connectivity index (χ1) is 12.2. The second-order valence-corrected chi connectivity index (χ2v) is 5.91. The Bertz CT molecular complexity index is 922. The number of carbonyl (C=O) groups is 2. The molecule has 1 amide bonds. The standard InChI is InChI=1S/C18H17N3O4/c1-2-24-18(23)15-11-5-3-4-6-13(11)19-14(15)9-12-16(22)20-21-17(12)25-10-7-8-10/h3-6,9-10,19H,2,7-8H2,1H3,(H,20,22). The van der Waals surface area contributed by atoms with Crippen molar-refractivity contribution in [1.82, 2.24) is 10.4 Å². The highest BCUT2D eigenvalue weighted by atomic mass is 16.5. The van der Waals surface area contributed by atoms with Crippen LogP contribution >= 0.6 is 0 Å². The number of hydrogen-bond donors (Lipinski definition) is 2. The number of esters is 1. The fraction of sp³-hybridized carbons (Fsp3) is 0.278. The van der Waals surface area contributed by atoms with Crippen LogP contribution in [0, 0.1) is 0 Å². The summed E-state index contributed by atoms with van der Waals surface area (Å²) in [6.45, 7) is 2.02. The van der Waals surface area contributed by atoms with Gasteiger partial charge >= 0.3 is 5.97 Å². The third kappa shape index (κ3) is 2.88. The lowest BCUT2D eigenvalue weighted by Crippen LogP contribution is -2.15. The average Bonchev–Trinajstić information content (AvgIpc) is 3.25. The highest BCUT2D eigenvalue weighted by Gasteiger charge is 2.32. The minimum absolute atomic E-state index is 0.113. The Balaban J connectivity index is 1.79. The van der Waals surface area contributed by atoms with Gasteiger partial charge in [-0.15, -0.1) is 5.10 Å². The third-order valence-electron chi connectivity index (χ3n) is 4.04. The summed E-state index contributed by atoms with van der Waals surface area (Å²) in [5.74, 6) is -0.531. The first-order valence-electron chi connectivity index (χ1n) is 8.22. The molecule has 4 rings (SSSR count). The number of para-hydroxylation sites is 1. The molecule has 1 aromatic carbocycles. The first-order valence-corrected chi connectivity index (χ1v) is 8.22. The zero-order valence-corrected chi connectivity index (χ0v) is 13.7. The molecule has 2 N–H and O–H groups in total. The van der Waals surface area contributed by atoms with E-state index in [2.05, 4.69) is 15.5 Å². The van der Waals surface area contributed by atoms with E-state index in [1.165, 1.54) is 0 Å². The Morgan fingerprint density at radius 3 is 2.92 bits per heavy atom. The SMILES string of the molecule is CCOC(=O)c1c(C=C2C(=O)NN=C2OC2CC2)[nH]c2ccccc12. The van der Waals surface area contributed by atoms with E-state index in [4.69, 9.17) is 9.47 Å². The Morgan fingerprint density at radius 1 is 1.36 bits per heavy atom. The smallest absolute Gasteiger partial charge is 0.340 e. The van der Waals surface area contributed by atoms with Crippen molar-refractivity contribution in [3.05, 3.63) is 41.1 Å². The van der Waals surface area contributed by atoms with Crippen LogP contribution in [0.25, 0.3) is 17.0 Å². The Hall–Kier alpha value is -3.09. The molecule has 0 radical (unpaired) electrons. The van der Waals surface area contributed by atoms with E-state index in [0.717, 1.165) is 23.7 Å². The van der Waals surface area contributed by atoms with Gasteiger partial charge in [0.15, 0.2) is 0 Å². The van der Waals surface area contributed by atoms with Gasteiger partial charge in [-0.05, 0) is 31.9 Å². The van der Waals surface area contributed by atoms with Gasteiger partial charge in [0.25, 0.3) is 5.91 Å². The molecule has 128 valence electrons. The van der Waals surface area contributed by atoms with Crippen molar-refractivity contribution < 1.29 is 19.1 Å². The molecule has 0 unspecified atom stereocenters. The Morgan fingerprint density at radius 2 is 2.16 bits per heavy atom. The lowest BCUT2D eigenvalue weighted by molar-refractivity contribution is -0.116. The number of H-pyrrole nitrogens is 1. The van der Waals surface area contributed by atoms with Gasteiger partial charge in [-0.3, -0.25) is 4.79 Å². The number of amides is 1. The number of benzene rings is 1. The maximum atomic E-state index is 12.4. The Labute approximate surface area is 143 Å². The second kappa shape index (κ2) is 6.08. The summed E-state index contributed by atoms with van der Waals surface area (Å²) in [5, 5.41) is 4.68. The van der Waals surface area contributed by atoms with Crippen LogP contribution in [-0.4, -0.2) is 35.5 Å². The van der Waals surface area contributed by atoms with E-state index in [1.54, 1.807) is 13.0 Å². The number of hydrazone groups is 1. The third-order valence-corrected chi connectivity index (χ3v) is 4.04. The van der Waals surface area contributed by atoms with Crippen molar-refractivity contribution in [1.29, 1.82) is 0 Å². The monoisotopic (exact) mass is 339 g/mol. The molecule has 7 heteroatoms. The van der Waals surface area contributed by atoms with Crippen LogP contribution < -0.4 is 5.43 Å². The normalized spacial score (nSPS) is 18.4. The van der Waals surface area contributed by atoms with Crippen molar-refractivity contribution in [3.63, 3.8) is 0 Å². The molecular weight excluding hydrogens is 322 g/mol. The van der Waals surface area contributed by atoms with Gasteiger partial charge < -0.3 is 14.5 Å². The summed E-state index contributed by atoms with van der Waals surface area (Å²) in [5.41, 5.74) is 4.39. The van der Waals surface area contributed by atoms with Crippen LogP contribution in [0.4, 0.5) is 0 Å². The van der Waals surface area contributed by atoms with E-state index in [0.29, 0.717) is 16.8 Å². The quantitative estimate of drug-likeness (QED) is 0.660. The molecule has 1 aliphatic carbocycles. The minimum Gasteiger partial charge on any atom is -0.473 e. The number of aromatic nitrogens is 1. The molecule has 7 nitrogen and oxygen atoms in total. The van der Waals surface area contributed by atoms with Crippen molar-refractivity contribution >= 4 is 34.8 Å². The second-order valence-electron chi connectivity index (χ2n) is 5.91. The van der Waals surface area contributed by atoms with Crippen LogP contribution in [0.2, 0.25) is 0 Å². The molecule has 25 heavy (non-hydrogen) atoms. The van der Waals surface area contributed by atoms with Gasteiger partial charge in [0, 0.05) is 10.9 Å². The zero-order chi connectivity index (χ0) is 17.4. The number of nitrogens with zero attached hydrogens (tertiary/aromatic N) is 1. The van der Waals surface area contributed by atoms with Crippen LogP contribution in [-0.2, 0) is 14.3 Å². The topological polar surface area (TPSA) is 92.8 Å². The summed E-state index contributed by atoms with van der Waals surface area (Å²) in [6.07, 6.45) is 3.62. The van der Waals surface area contributed by atoms with E-state index < -0.39 is 5.97 Å². The van der Waals surface area contributed by atoms with Gasteiger partial charge in [0.1, 0.15) is 11.7 Å². The maximum absolute atomic E-state index is 12.4. The summed E-state index contributed by atoms with van der Waals surface area (Å²) >= 11 is 0. The van der Waals surface area contributed by atoms with Crippen molar-refractivity contribution in [2.45, 2.75) is 25.9 Å². The van der Waals surface area contributed by atoms with Crippen molar-refractivity contribution in [2.75, 3.05) is 6.61 Å². The molecule has 2 aromatic rings. The average molecular weight is 339 g/mol. The summed E-state index contributed by atoms with van der Waals surface area (Å²) in [4.78, 5) is 27.7. The van der Waals surface area contributed by atoms with E-state index in [9.17, 15) is 9.59 Å². The Kier molecular flexibility index (Phi) is 3.76. The van der Waals surface area contributed by atoms with Crippen molar-refractivity contribution in [2.24, 2.45) is 5.10 Å². The number of fused-ring (bicyclic) bond motifs is 1. The van der Waals surface area contributed by atoms with Gasteiger partial charge in [-0.25, -0.2) is 10.2 Å². The number of hydrogen-bond acceptors (Lipinski definition) is 5. The lowest BCUT2D eigenvalue weighted by Gasteiger charge is -2.04. The molecule has 0 saturated heterocycles. The molecular formula is C18H17N3O4. The number of ether oxygens (including phenoxy) is 2. The van der Waals surface area contributed by atoms with E-state index in [-0.39, 0.29) is 24.5 Å². The maximum Gasteiger partial charge on any atom is 0.340 e. The lowest BCUT2D eigenvalue weighted by atomic mass is 10.1. The highest BCUT2D eigenvalue weighted by molar-refractivity contribution is 6.25.